The van der Waals surface area contributed by atoms with Gasteiger partial charge in [-0.05, 0) is 42.0 Å². The van der Waals surface area contributed by atoms with Crippen LogP contribution in [-0.2, 0) is 17.8 Å². The molecule has 0 radical (unpaired) electrons. The van der Waals surface area contributed by atoms with Crippen molar-refractivity contribution in [3.63, 3.8) is 0 Å². The fraction of sp³-hybridized carbons (Fsp3) is 0.381. The Labute approximate surface area is 167 Å². The predicted octanol–water partition coefficient (Wildman–Crippen LogP) is 1.92. The summed E-state index contributed by atoms with van der Waals surface area (Å²) in [6.07, 6.45) is 0.977. The van der Waals surface area contributed by atoms with Gasteiger partial charge in [0, 0.05) is 16.9 Å². The maximum atomic E-state index is 13.7. The summed E-state index contributed by atoms with van der Waals surface area (Å²) in [6.45, 7) is 4.86. The summed E-state index contributed by atoms with van der Waals surface area (Å²) >= 11 is 1.05. The monoisotopic (exact) mass is 405 g/mol. The van der Waals surface area contributed by atoms with Gasteiger partial charge in [0.05, 0.1) is 38.5 Å². The first-order chi connectivity index (χ1) is 13.6. The normalized spacial score (nSPS) is 16.7. The number of quaternary nitrogens is 1. The van der Waals surface area contributed by atoms with Crippen LogP contribution in [0, 0.1) is 11.6 Å². The van der Waals surface area contributed by atoms with E-state index in [1.54, 1.807) is 0 Å². The number of amides is 1. The van der Waals surface area contributed by atoms with Crippen molar-refractivity contribution in [2.45, 2.75) is 17.9 Å². The number of nitrogens with zero attached hydrogens (tertiary/aromatic N) is 1. The second-order valence-electron chi connectivity index (χ2n) is 7.21. The Morgan fingerprint density at radius 1 is 1.14 bits per heavy atom. The molecule has 1 saturated heterocycles. The first kappa shape index (κ1) is 19.2. The molecule has 0 saturated carbocycles. The summed E-state index contributed by atoms with van der Waals surface area (Å²) in [5, 5.41) is 0. The van der Waals surface area contributed by atoms with Crippen LogP contribution in [0.1, 0.15) is 11.1 Å². The third kappa shape index (κ3) is 4.47. The van der Waals surface area contributed by atoms with Crippen molar-refractivity contribution >= 4 is 17.7 Å². The van der Waals surface area contributed by atoms with E-state index >= 15 is 0 Å². The molecule has 2 aliphatic rings. The third-order valence-electron chi connectivity index (χ3n) is 5.28. The minimum absolute atomic E-state index is 0.0256. The highest BCUT2D eigenvalue weighted by atomic mass is 32.2. The van der Waals surface area contributed by atoms with Crippen molar-refractivity contribution < 1.29 is 23.2 Å². The van der Waals surface area contributed by atoms with E-state index in [0.717, 1.165) is 68.4 Å². The molecule has 0 spiro atoms. The summed E-state index contributed by atoms with van der Waals surface area (Å²) in [7, 11) is 0. The van der Waals surface area contributed by atoms with E-state index in [-0.39, 0.29) is 16.6 Å². The van der Waals surface area contributed by atoms with Crippen molar-refractivity contribution in [3.8, 4) is 5.75 Å². The average Bonchev–Trinajstić information content (AvgIpc) is 3.17. The minimum atomic E-state index is -0.494. The summed E-state index contributed by atoms with van der Waals surface area (Å²) in [5.41, 5.74) is 2.59. The zero-order valence-electron chi connectivity index (χ0n) is 15.5. The van der Waals surface area contributed by atoms with E-state index in [0.29, 0.717) is 13.1 Å². The quantitative estimate of drug-likeness (QED) is 0.772. The highest BCUT2D eigenvalue weighted by molar-refractivity contribution is 8.00. The number of hydrogen-bond donors (Lipinski definition) is 1. The van der Waals surface area contributed by atoms with E-state index in [4.69, 9.17) is 4.74 Å². The topological polar surface area (TPSA) is 34.0 Å². The van der Waals surface area contributed by atoms with Crippen LogP contribution in [-0.4, -0.2) is 49.3 Å². The van der Waals surface area contributed by atoms with Crippen LogP contribution in [0.3, 0.4) is 0 Å². The Morgan fingerprint density at radius 2 is 1.96 bits per heavy atom. The number of rotatable bonds is 5. The molecule has 0 atom stereocenters. The molecule has 0 bridgehead atoms. The van der Waals surface area contributed by atoms with Gasteiger partial charge >= 0.3 is 0 Å². The number of ether oxygens (including phenoxy) is 1. The van der Waals surface area contributed by atoms with E-state index in [1.807, 2.05) is 4.90 Å². The van der Waals surface area contributed by atoms with Crippen molar-refractivity contribution in [1.82, 2.24) is 4.90 Å². The largest absolute Gasteiger partial charge is 0.493 e. The molecule has 2 heterocycles. The first-order valence-corrected chi connectivity index (χ1v) is 10.5. The van der Waals surface area contributed by atoms with E-state index in [1.165, 1.54) is 16.0 Å². The number of hydrogen-bond acceptors (Lipinski definition) is 3. The Kier molecular flexibility index (Phi) is 5.82. The second kappa shape index (κ2) is 8.49. The number of halogens is 2. The maximum absolute atomic E-state index is 13.7. The predicted molar refractivity (Wildman–Crippen MR) is 104 cm³/mol. The van der Waals surface area contributed by atoms with E-state index in [9.17, 15) is 13.6 Å². The Hall–Kier alpha value is -2.12. The van der Waals surface area contributed by atoms with Gasteiger partial charge in [-0.3, -0.25) is 4.79 Å². The second-order valence-corrected chi connectivity index (χ2v) is 8.23. The molecule has 2 aliphatic heterocycles. The lowest BCUT2D eigenvalue weighted by Crippen LogP contribution is -3.13. The van der Waals surface area contributed by atoms with Crippen LogP contribution >= 0.6 is 11.8 Å². The Bertz CT molecular complexity index is 869. The molecule has 1 fully saturated rings. The van der Waals surface area contributed by atoms with Crippen molar-refractivity contribution in [2.24, 2.45) is 0 Å². The molecule has 7 heteroatoms. The summed E-state index contributed by atoms with van der Waals surface area (Å²) in [6, 6.07) is 9.72. The van der Waals surface area contributed by atoms with Gasteiger partial charge in [0.15, 0.2) is 0 Å². The number of carbonyl (C=O) groups is 1. The highest BCUT2D eigenvalue weighted by Gasteiger charge is 2.24. The average molecular weight is 405 g/mol. The number of nitrogens with one attached hydrogen (secondary N) is 1. The lowest BCUT2D eigenvalue weighted by Gasteiger charge is -2.32. The lowest BCUT2D eigenvalue weighted by atomic mass is 10.1. The van der Waals surface area contributed by atoms with Gasteiger partial charge in [-0.1, -0.05) is 0 Å². The van der Waals surface area contributed by atoms with Crippen LogP contribution in [0.2, 0.25) is 0 Å². The van der Waals surface area contributed by atoms with Crippen LogP contribution < -0.4 is 9.64 Å². The van der Waals surface area contributed by atoms with Crippen LogP contribution in [0.4, 0.5) is 8.78 Å². The fourth-order valence-corrected chi connectivity index (χ4v) is 4.57. The smallest absolute Gasteiger partial charge is 0.233 e. The first-order valence-electron chi connectivity index (χ1n) is 9.52. The Balaban J connectivity index is 1.25. The van der Waals surface area contributed by atoms with Crippen LogP contribution in [0.5, 0.6) is 5.75 Å². The van der Waals surface area contributed by atoms with Gasteiger partial charge in [-0.25, -0.2) is 8.78 Å². The molecular weight excluding hydrogens is 382 g/mol. The number of thioether (sulfide) groups is 1. The molecule has 1 N–H and O–H groups in total. The van der Waals surface area contributed by atoms with Crippen LogP contribution in [0.15, 0.2) is 41.3 Å². The van der Waals surface area contributed by atoms with Gasteiger partial charge in [-0.2, -0.15) is 0 Å². The molecule has 4 nitrogen and oxygen atoms in total. The molecule has 0 aromatic heterocycles. The van der Waals surface area contributed by atoms with Crippen molar-refractivity contribution in [1.29, 1.82) is 0 Å². The number of piperazine rings is 1. The minimum Gasteiger partial charge on any atom is -0.493 e. The third-order valence-corrected chi connectivity index (χ3v) is 6.29. The van der Waals surface area contributed by atoms with E-state index in [2.05, 4.69) is 18.2 Å². The van der Waals surface area contributed by atoms with Gasteiger partial charge in [0.2, 0.25) is 5.91 Å². The molecule has 148 valence electrons. The number of benzene rings is 2. The lowest BCUT2D eigenvalue weighted by molar-refractivity contribution is -0.917. The molecule has 0 aliphatic carbocycles. The zero-order chi connectivity index (χ0) is 19.5. The molecule has 0 unspecified atom stereocenters. The highest BCUT2D eigenvalue weighted by Crippen LogP contribution is 2.25. The number of fused-ring (bicyclic) bond motifs is 1. The summed E-state index contributed by atoms with van der Waals surface area (Å²) < 4.78 is 32.5. The zero-order valence-corrected chi connectivity index (χ0v) is 16.4. The molecular formula is C21H23F2N2O2S+. The van der Waals surface area contributed by atoms with Gasteiger partial charge < -0.3 is 14.5 Å². The molecule has 1 amide bonds. The fourth-order valence-electron chi connectivity index (χ4n) is 3.71. The SMILES string of the molecule is O=C(CSc1cc(F)ccc1F)N1CC[NH+](Cc2ccc3c(c2)CCO3)CC1. The molecule has 4 rings (SSSR count). The molecule has 2 aromatic carbocycles. The van der Waals surface area contributed by atoms with Crippen LogP contribution in [0.25, 0.3) is 0 Å². The van der Waals surface area contributed by atoms with E-state index < -0.39 is 11.6 Å². The van der Waals surface area contributed by atoms with Gasteiger partial charge in [-0.15, -0.1) is 11.8 Å². The van der Waals surface area contributed by atoms with Crippen molar-refractivity contribution in [3.05, 3.63) is 59.2 Å². The molecule has 2 aromatic rings. The maximum Gasteiger partial charge on any atom is 0.233 e. The summed E-state index contributed by atoms with van der Waals surface area (Å²) in [5.74, 6) is 0.115. The van der Waals surface area contributed by atoms with Gasteiger partial charge in [0.25, 0.3) is 0 Å². The Morgan fingerprint density at radius 3 is 2.79 bits per heavy atom. The molecule has 28 heavy (non-hydrogen) atoms. The standard InChI is InChI=1S/C21H22F2N2O2S/c22-17-2-3-18(23)20(12-17)28-14-21(26)25-8-6-24(7-9-25)13-15-1-4-19-16(11-15)5-10-27-19/h1-4,11-12H,5-10,13-14H2/p+1. The van der Waals surface area contributed by atoms with Gasteiger partial charge in [0.1, 0.15) is 23.9 Å². The number of carbonyl (C=O) groups excluding carboxylic acids is 1. The van der Waals surface area contributed by atoms with Crippen molar-refractivity contribution in [2.75, 3.05) is 38.5 Å². The summed E-state index contributed by atoms with van der Waals surface area (Å²) in [4.78, 5) is 15.9.